The van der Waals surface area contributed by atoms with Gasteiger partial charge in [-0.15, -0.1) is 0 Å². The second kappa shape index (κ2) is 6.15. The van der Waals surface area contributed by atoms with Crippen LogP contribution in [-0.4, -0.2) is 30.7 Å². The van der Waals surface area contributed by atoms with Gasteiger partial charge in [-0.05, 0) is 30.7 Å². The minimum atomic E-state index is 0.584. The summed E-state index contributed by atoms with van der Waals surface area (Å²) in [5, 5.41) is 0. The third-order valence-electron chi connectivity index (χ3n) is 2.84. The van der Waals surface area contributed by atoms with Gasteiger partial charge in [-0.25, -0.2) is 9.97 Å². The van der Waals surface area contributed by atoms with Gasteiger partial charge in [0.25, 0.3) is 0 Å². The Balaban J connectivity index is 2.59. The van der Waals surface area contributed by atoms with E-state index in [1.54, 1.807) is 26.6 Å². The fourth-order valence-corrected chi connectivity index (χ4v) is 1.99. The Morgan fingerprint density at radius 1 is 1.11 bits per heavy atom. The van der Waals surface area contributed by atoms with Crippen molar-refractivity contribution in [2.75, 3.05) is 20.8 Å². The number of nitrogens with zero attached hydrogens (tertiary/aromatic N) is 2. The van der Waals surface area contributed by atoms with Crippen LogP contribution in [0, 0.1) is 0 Å². The van der Waals surface area contributed by atoms with Crippen molar-refractivity contribution in [3.8, 4) is 22.6 Å². The zero-order valence-corrected chi connectivity index (χ0v) is 11.1. The van der Waals surface area contributed by atoms with E-state index in [4.69, 9.17) is 15.2 Å². The molecule has 5 nitrogen and oxygen atoms in total. The molecule has 2 rings (SSSR count). The fourth-order valence-electron chi connectivity index (χ4n) is 1.99. The van der Waals surface area contributed by atoms with Gasteiger partial charge in [0.2, 0.25) is 0 Å². The van der Waals surface area contributed by atoms with E-state index in [0.717, 1.165) is 23.1 Å². The Kier molecular flexibility index (Phi) is 4.30. The van der Waals surface area contributed by atoms with Crippen LogP contribution in [-0.2, 0) is 6.42 Å². The maximum Gasteiger partial charge on any atom is 0.168 e. The molecule has 2 aromatic rings. The van der Waals surface area contributed by atoms with E-state index in [-0.39, 0.29) is 0 Å². The Bertz CT molecular complexity index is 544. The molecule has 0 aliphatic rings. The summed E-state index contributed by atoms with van der Waals surface area (Å²) in [7, 11) is 3.24. The molecule has 0 saturated carbocycles. The lowest BCUT2D eigenvalue weighted by atomic mass is 10.0. The largest absolute Gasteiger partial charge is 0.493 e. The number of hydrogen-bond acceptors (Lipinski definition) is 5. The Labute approximate surface area is 112 Å². The highest BCUT2D eigenvalue weighted by atomic mass is 16.5. The molecule has 100 valence electrons. The summed E-state index contributed by atoms with van der Waals surface area (Å²) < 4.78 is 10.8. The highest BCUT2D eigenvalue weighted by molar-refractivity contribution is 5.73. The standard InChI is InChI=1S/C14H17N3O2/c1-18-13-6-10(3-4-15)5-12(14(13)19-2)11-7-16-9-17-8-11/h5-9H,3-4,15H2,1-2H3. The Morgan fingerprint density at radius 3 is 2.42 bits per heavy atom. The molecule has 0 amide bonds. The topological polar surface area (TPSA) is 70.3 Å². The quantitative estimate of drug-likeness (QED) is 0.884. The number of benzene rings is 1. The van der Waals surface area contributed by atoms with Crippen molar-refractivity contribution in [3.63, 3.8) is 0 Å². The van der Waals surface area contributed by atoms with Crippen LogP contribution in [0.4, 0.5) is 0 Å². The van der Waals surface area contributed by atoms with E-state index < -0.39 is 0 Å². The van der Waals surface area contributed by atoms with Gasteiger partial charge in [-0.3, -0.25) is 0 Å². The van der Waals surface area contributed by atoms with Crippen LogP contribution in [0.3, 0.4) is 0 Å². The lowest BCUT2D eigenvalue weighted by Gasteiger charge is -2.14. The first-order valence-electron chi connectivity index (χ1n) is 6.00. The van der Waals surface area contributed by atoms with Crippen molar-refractivity contribution >= 4 is 0 Å². The van der Waals surface area contributed by atoms with Crippen LogP contribution < -0.4 is 15.2 Å². The molecule has 0 radical (unpaired) electrons. The van der Waals surface area contributed by atoms with Gasteiger partial charge < -0.3 is 15.2 Å². The van der Waals surface area contributed by atoms with Gasteiger partial charge in [0, 0.05) is 23.5 Å². The van der Waals surface area contributed by atoms with Crippen LogP contribution in [0.2, 0.25) is 0 Å². The lowest BCUT2D eigenvalue weighted by Crippen LogP contribution is -2.04. The number of rotatable bonds is 5. The molecule has 0 aliphatic heterocycles. The number of ether oxygens (including phenoxy) is 2. The number of nitrogens with two attached hydrogens (primary N) is 1. The molecule has 1 aromatic heterocycles. The monoisotopic (exact) mass is 259 g/mol. The van der Waals surface area contributed by atoms with Gasteiger partial charge in [0.1, 0.15) is 6.33 Å². The summed E-state index contributed by atoms with van der Waals surface area (Å²) in [4.78, 5) is 8.07. The average molecular weight is 259 g/mol. The van der Waals surface area contributed by atoms with E-state index in [0.29, 0.717) is 18.0 Å². The third kappa shape index (κ3) is 2.82. The second-order valence-corrected chi connectivity index (χ2v) is 4.04. The molecule has 1 aromatic carbocycles. The summed E-state index contributed by atoms with van der Waals surface area (Å²) in [5.41, 5.74) is 8.50. The SMILES string of the molecule is COc1cc(CCN)cc(-c2cncnc2)c1OC. The molecule has 0 aliphatic carbocycles. The minimum Gasteiger partial charge on any atom is -0.493 e. The summed E-state index contributed by atoms with van der Waals surface area (Å²) in [6.45, 7) is 0.584. The van der Waals surface area contributed by atoms with Crippen molar-refractivity contribution in [2.24, 2.45) is 5.73 Å². The zero-order chi connectivity index (χ0) is 13.7. The first-order chi connectivity index (χ1) is 9.30. The summed E-state index contributed by atoms with van der Waals surface area (Å²) in [5.74, 6) is 1.37. The van der Waals surface area contributed by atoms with Crippen LogP contribution >= 0.6 is 0 Å². The Morgan fingerprint density at radius 2 is 1.84 bits per heavy atom. The van der Waals surface area contributed by atoms with E-state index in [1.165, 1.54) is 6.33 Å². The van der Waals surface area contributed by atoms with Crippen molar-refractivity contribution < 1.29 is 9.47 Å². The first-order valence-corrected chi connectivity index (χ1v) is 6.00. The van der Waals surface area contributed by atoms with Crippen LogP contribution in [0.25, 0.3) is 11.1 Å². The normalized spacial score (nSPS) is 10.3. The van der Waals surface area contributed by atoms with Crippen molar-refractivity contribution in [1.29, 1.82) is 0 Å². The molecular weight excluding hydrogens is 242 g/mol. The van der Waals surface area contributed by atoms with E-state index >= 15 is 0 Å². The van der Waals surface area contributed by atoms with Crippen LogP contribution in [0.1, 0.15) is 5.56 Å². The molecule has 19 heavy (non-hydrogen) atoms. The molecular formula is C14H17N3O2. The average Bonchev–Trinajstić information content (AvgIpc) is 2.47. The van der Waals surface area contributed by atoms with Crippen molar-refractivity contribution in [2.45, 2.75) is 6.42 Å². The van der Waals surface area contributed by atoms with E-state index in [1.807, 2.05) is 12.1 Å². The number of hydrogen-bond donors (Lipinski definition) is 1. The van der Waals surface area contributed by atoms with Gasteiger partial charge in [-0.2, -0.15) is 0 Å². The highest BCUT2D eigenvalue weighted by Crippen LogP contribution is 2.38. The zero-order valence-electron chi connectivity index (χ0n) is 11.1. The van der Waals surface area contributed by atoms with Gasteiger partial charge in [0.05, 0.1) is 14.2 Å². The van der Waals surface area contributed by atoms with Crippen molar-refractivity contribution in [1.82, 2.24) is 9.97 Å². The van der Waals surface area contributed by atoms with Crippen molar-refractivity contribution in [3.05, 3.63) is 36.4 Å². The van der Waals surface area contributed by atoms with Gasteiger partial charge in [-0.1, -0.05) is 0 Å². The molecule has 0 unspecified atom stereocenters. The maximum absolute atomic E-state index is 5.61. The van der Waals surface area contributed by atoms with E-state index in [9.17, 15) is 0 Å². The molecule has 0 bridgehead atoms. The molecule has 0 fully saturated rings. The van der Waals surface area contributed by atoms with Gasteiger partial charge in [0.15, 0.2) is 11.5 Å². The molecule has 0 saturated heterocycles. The maximum atomic E-state index is 5.61. The lowest BCUT2D eigenvalue weighted by molar-refractivity contribution is 0.355. The van der Waals surface area contributed by atoms with Gasteiger partial charge >= 0.3 is 0 Å². The highest BCUT2D eigenvalue weighted by Gasteiger charge is 2.14. The predicted molar refractivity (Wildman–Crippen MR) is 73.3 cm³/mol. The second-order valence-electron chi connectivity index (χ2n) is 4.04. The number of methoxy groups -OCH3 is 2. The third-order valence-corrected chi connectivity index (χ3v) is 2.84. The molecule has 2 N–H and O–H groups in total. The molecule has 0 atom stereocenters. The smallest absolute Gasteiger partial charge is 0.168 e. The number of aromatic nitrogens is 2. The van der Waals surface area contributed by atoms with Crippen LogP contribution in [0.15, 0.2) is 30.9 Å². The predicted octanol–water partition coefficient (Wildman–Crippen LogP) is 1.66. The van der Waals surface area contributed by atoms with Crippen LogP contribution in [0.5, 0.6) is 11.5 Å². The Hall–Kier alpha value is -2.14. The molecule has 5 heteroatoms. The van der Waals surface area contributed by atoms with E-state index in [2.05, 4.69) is 9.97 Å². The summed E-state index contributed by atoms with van der Waals surface area (Å²) in [6, 6.07) is 3.98. The molecule has 1 heterocycles. The summed E-state index contributed by atoms with van der Waals surface area (Å²) >= 11 is 0. The first kappa shape index (κ1) is 13.3. The minimum absolute atomic E-state index is 0.584. The summed E-state index contributed by atoms with van der Waals surface area (Å²) in [6.07, 6.45) is 5.77. The molecule has 0 spiro atoms. The fraction of sp³-hybridized carbons (Fsp3) is 0.286.